The van der Waals surface area contributed by atoms with Gasteiger partial charge in [-0.25, -0.2) is 13.2 Å². The van der Waals surface area contributed by atoms with Crippen molar-refractivity contribution in [1.82, 2.24) is 4.31 Å². The molecule has 2 aromatic carbocycles. The van der Waals surface area contributed by atoms with Crippen molar-refractivity contribution in [2.45, 2.75) is 43.3 Å². The number of hydrogen-bond acceptors (Lipinski definition) is 6. The van der Waals surface area contributed by atoms with Gasteiger partial charge in [-0.05, 0) is 47.9 Å². The minimum atomic E-state index is -3.71. The van der Waals surface area contributed by atoms with Crippen LogP contribution in [0.5, 0.6) is 5.75 Å². The highest BCUT2D eigenvalue weighted by atomic mass is 32.2. The zero-order valence-electron chi connectivity index (χ0n) is 17.9. The molecule has 2 aromatic rings. The molecule has 1 saturated heterocycles. The predicted molar refractivity (Wildman–Crippen MR) is 117 cm³/mol. The monoisotopic (exact) mass is 448 g/mol. The van der Waals surface area contributed by atoms with E-state index in [2.05, 4.69) is 19.2 Å². The molecule has 31 heavy (non-hydrogen) atoms. The SMILES string of the molecule is COc1ccc(S(=O)(=O)N2CCC(O)(OC(=O)Nc3ccc(C(C)C)cc3)CC2)cc1. The standard InChI is InChI=1S/C22H28N2O6S/c1-16(2)17-4-6-18(7-5-17)23-21(25)30-22(26)12-14-24(15-13-22)31(27,28)20-10-8-19(29-3)9-11-20/h4-11,16,26H,12-15H2,1-3H3,(H,23,25). The number of carbonyl (C=O) groups is 1. The molecule has 0 radical (unpaired) electrons. The van der Waals surface area contributed by atoms with Crippen molar-refractivity contribution in [2.24, 2.45) is 0 Å². The molecule has 3 rings (SSSR count). The van der Waals surface area contributed by atoms with Crippen LogP contribution in [0, 0.1) is 0 Å². The van der Waals surface area contributed by atoms with Crippen LogP contribution in [0.25, 0.3) is 0 Å². The summed E-state index contributed by atoms with van der Waals surface area (Å²) in [6.45, 7) is 4.21. The maximum absolute atomic E-state index is 12.8. The summed E-state index contributed by atoms with van der Waals surface area (Å²) < 4.78 is 37.2. The summed E-state index contributed by atoms with van der Waals surface area (Å²) in [7, 11) is -2.21. The number of rotatable bonds is 6. The fourth-order valence-corrected chi connectivity index (χ4v) is 4.78. The first-order valence-corrected chi connectivity index (χ1v) is 11.5. The molecule has 1 fully saturated rings. The first-order valence-electron chi connectivity index (χ1n) is 10.1. The van der Waals surface area contributed by atoms with Crippen molar-refractivity contribution in [3.05, 3.63) is 54.1 Å². The largest absolute Gasteiger partial charge is 0.497 e. The van der Waals surface area contributed by atoms with Crippen LogP contribution in [0.1, 0.15) is 38.2 Å². The van der Waals surface area contributed by atoms with Gasteiger partial charge in [0.25, 0.3) is 0 Å². The second-order valence-corrected chi connectivity index (χ2v) is 9.75. The van der Waals surface area contributed by atoms with Gasteiger partial charge in [-0.3, -0.25) is 5.32 Å². The Morgan fingerprint density at radius 3 is 2.16 bits per heavy atom. The molecule has 1 heterocycles. The van der Waals surface area contributed by atoms with E-state index < -0.39 is 21.9 Å². The average Bonchev–Trinajstić information content (AvgIpc) is 2.74. The van der Waals surface area contributed by atoms with Gasteiger partial charge >= 0.3 is 6.09 Å². The molecule has 8 nitrogen and oxygen atoms in total. The van der Waals surface area contributed by atoms with Crippen LogP contribution in [-0.4, -0.2) is 49.9 Å². The first kappa shape index (κ1) is 23.1. The number of ether oxygens (including phenoxy) is 2. The first-order chi connectivity index (χ1) is 14.6. The third-order valence-corrected chi connectivity index (χ3v) is 7.22. The highest BCUT2D eigenvalue weighted by Crippen LogP contribution is 2.29. The molecule has 0 aromatic heterocycles. The number of carbonyl (C=O) groups excluding carboxylic acids is 1. The average molecular weight is 449 g/mol. The zero-order chi connectivity index (χ0) is 22.6. The second-order valence-electron chi connectivity index (χ2n) is 7.82. The normalized spacial score (nSPS) is 16.7. The van der Waals surface area contributed by atoms with Crippen LogP contribution >= 0.6 is 0 Å². The molecule has 168 valence electrons. The van der Waals surface area contributed by atoms with E-state index >= 15 is 0 Å². The Bertz CT molecular complexity index is 995. The number of anilines is 1. The number of sulfonamides is 1. The van der Waals surface area contributed by atoms with Crippen LogP contribution < -0.4 is 10.1 Å². The number of nitrogens with one attached hydrogen (secondary N) is 1. The van der Waals surface area contributed by atoms with E-state index in [1.165, 1.54) is 23.5 Å². The van der Waals surface area contributed by atoms with E-state index in [9.17, 15) is 18.3 Å². The third-order valence-electron chi connectivity index (χ3n) is 5.31. The van der Waals surface area contributed by atoms with Crippen LogP contribution in [0.2, 0.25) is 0 Å². The van der Waals surface area contributed by atoms with E-state index in [0.717, 1.165) is 5.56 Å². The van der Waals surface area contributed by atoms with E-state index in [-0.39, 0.29) is 30.8 Å². The van der Waals surface area contributed by atoms with Crippen molar-refractivity contribution in [2.75, 3.05) is 25.5 Å². The molecule has 0 atom stereocenters. The Morgan fingerprint density at radius 1 is 1.06 bits per heavy atom. The number of nitrogens with zero attached hydrogens (tertiary/aromatic N) is 1. The summed E-state index contributed by atoms with van der Waals surface area (Å²) in [5.74, 6) is -0.792. The Hall–Kier alpha value is -2.62. The highest BCUT2D eigenvalue weighted by Gasteiger charge is 2.40. The lowest BCUT2D eigenvalue weighted by Gasteiger charge is -2.36. The quantitative estimate of drug-likeness (QED) is 0.655. The Morgan fingerprint density at radius 2 is 1.65 bits per heavy atom. The van der Waals surface area contributed by atoms with Crippen LogP contribution in [0.3, 0.4) is 0 Å². The van der Waals surface area contributed by atoms with E-state index in [1.807, 2.05) is 12.1 Å². The Balaban J connectivity index is 1.57. The molecule has 1 aliphatic heterocycles. The lowest BCUT2D eigenvalue weighted by Crippen LogP contribution is -2.49. The van der Waals surface area contributed by atoms with Crippen LogP contribution in [0.4, 0.5) is 10.5 Å². The molecule has 0 unspecified atom stereocenters. The maximum Gasteiger partial charge on any atom is 0.414 e. The summed E-state index contributed by atoms with van der Waals surface area (Å²) >= 11 is 0. The molecule has 2 N–H and O–H groups in total. The minimum absolute atomic E-state index is 0.0257. The fraction of sp³-hybridized carbons (Fsp3) is 0.409. The fourth-order valence-electron chi connectivity index (χ4n) is 3.34. The minimum Gasteiger partial charge on any atom is -0.497 e. The predicted octanol–water partition coefficient (Wildman–Crippen LogP) is 3.54. The molecule has 0 saturated carbocycles. The zero-order valence-corrected chi connectivity index (χ0v) is 18.7. The smallest absolute Gasteiger partial charge is 0.414 e. The van der Waals surface area contributed by atoms with Crippen LogP contribution in [-0.2, 0) is 14.8 Å². The van der Waals surface area contributed by atoms with Gasteiger partial charge in [-0.15, -0.1) is 0 Å². The molecule has 1 amide bonds. The van der Waals surface area contributed by atoms with Gasteiger partial charge < -0.3 is 14.6 Å². The summed E-state index contributed by atoms with van der Waals surface area (Å²) in [6.07, 6.45) is -0.837. The molecule has 1 aliphatic rings. The van der Waals surface area contributed by atoms with Crippen LogP contribution in [0.15, 0.2) is 53.4 Å². The topological polar surface area (TPSA) is 105 Å². The molecule has 0 aliphatic carbocycles. The lowest BCUT2D eigenvalue weighted by molar-refractivity contribution is -0.180. The van der Waals surface area contributed by atoms with E-state index in [0.29, 0.717) is 17.4 Å². The number of piperidine rings is 1. The summed E-state index contributed by atoms with van der Waals surface area (Å²) in [4.78, 5) is 12.4. The number of amides is 1. The van der Waals surface area contributed by atoms with Gasteiger partial charge in [0.05, 0.1) is 12.0 Å². The molecule has 0 spiro atoms. The molecular formula is C22H28N2O6S. The van der Waals surface area contributed by atoms with Gasteiger partial charge in [-0.2, -0.15) is 4.31 Å². The maximum atomic E-state index is 12.8. The third kappa shape index (κ3) is 5.55. The van der Waals surface area contributed by atoms with Gasteiger partial charge in [0.2, 0.25) is 15.8 Å². The van der Waals surface area contributed by atoms with Crippen molar-refractivity contribution >= 4 is 21.8 Å². The van der Waals surface area contributed by atoms with Gasteiger partial charge in [0.1, 0.15) is 5.75 Å². The number of methoxy groups -OCH3 is 1. The molecule has 0 bridgehead atoms. The summed E-state index contributed by atoms with van der Waals surface area (Å²) in [5, 5.41) is 13.2. The Labute approximate surface area is 182 Å². The van der Waals surface area contributed by atoms with E-state index in [1.54, 1.807) is 24.3 Å². The van der Waals surface area contributed by atoms with E-state index in [4.69, 9.17) is 9.47 Å². The van der Waals surface area contributed by atoms with Crippen molar-refractivity contribution in [1.29, 1.82) is 0 Å². The van der Waals surface area contributed by atoms with Gasteiger partial charge in [-0.1, -0.05) is 26.0 Å². The molecular weight excluding hydrogens is 420 g/mol. The van der Waals surface area contributed by atoms with Gasteiger partial charge in [0.15, 0.2) is 0 Å². The number of benzene rings is 2. The summed E-state index contributed by atoms with van der Waals surface area (Å²) in [5.41, 5.74) is 1.69. The molecule has 9 heteroatoms. The van der Waals surface area contributed by atoms with Crippen molar-refractivity contribution in [3.63, 3.8) is 0 Å². The number of hydrogen-bond donors (Lipinski definition) is 2. The lowest BCUT2D eigenvalue weighted by atomic mass is 10.0. The highest BCUT2D eigenvalue weighted by molar-refractivity contribution is 7.89. The summed E-state index contributed by atoms with van der Waals surface area (Å²) in [6, 6.07) is 13.5. The Kier molecular flexibility index (Phi) is 6.88. The van der Waals surface area contributed by atoms with Gasteiger partial charge in [0, 0.05) is 31.6 Å². The number of aliphatic hydroxyl groups is 1. The van der Waals surface area contributed by atoms with Crippen molar-refractivity contribution < 1.29 is 27.8 Å². The second kappa shape index (κ2) is 9.25. The van der Waals surface area contributed by atoms with Crippen molar-refractivity contribution in [3.8, 4) is 5.75 Å².